The number of rotatable bonds is 3. The molecule has 0 spiro atoms. The Kier molecular flexibility index (Phi) is 3.83. The second-order valence-corrected chi connectivity index (χ2v) is 4.12. The van der Waals surface area contributed by atoms with Crippen molar-refractivity contribution >= 4 is 16.4 Å². The third kappa shape index (κ3) is 3.37. The van der Waals surface area contributed by atoms with Gasteiger partial charge in [0.2, 0.25) is 10.4 Å². The van der Waals surface area contributed by atoms with Gasteiger partial charge in [-0.3, -0.25) is 4.18 Å². The summed E-state index contributed by atoms with van der Waals surface area (Å²) in [5.41, 5.74) is 0. The van der Waals surface area contributed by atoms with Gasteiger partial charge in [0.25, 0.3) is 0 Å². The van der Waals surface area contributed by atoms with Gasteiger partial charge in [0.05, 0.1) is 12.1 Å². The number of aliphatic hydroxyl groups excluding tert-OH is 2. The number of carboxylic acids is 1. The molecule has 0 amide bonds. The van der Waals surface area contributed by atoms with Crippen molar-refractivity contribution < 1.29 is 42.0 Å². The lowest BCUT2D eigenvalue weighted by Gasteiger charge is -2.37. The molecule has 0 aromatic rings. The first-order valence-electron chi connectivity index (χ1n) is 4.07. The molecule has 94 valence electrons. The van der Waals surface area contributed by atoms with Crippen molar-refractivity contribution in [3.05, 3.63) is 0 Å². The maximum absolute atomic E-state index is 10.4. The minimum Gasteiger partial charge on any atom is -0.726 e. The van der Waals surface area contributed by atoms with Crippen LogP contribution < -0.4 is 5.11 Å². The zero-order chi connectivity index (χ0) is 12.5. The van der Waals surface area contributed by atoms with Crippen molar-refractivity contribution in [2.45, 2.75) is 31.0 Å². The number of carboxylic acid groups (broad SMARTS) is 1. The summed E-state index contributed by atoms with van der Waals surface area (Å²) in [7, 11) is -5.14. The summed E-state index contributed by atoms with van der Waals surface area (Å²) < 4.78 is 38.9. The fourth-order valence-electron chi connectivity index (χ4n) is 1.24. The molecule has 1 aliphatic rings. The first-order chi connectivity index (χ1) is 7.20. The molecule has 9 nitrogen and oxygen atoms in total. The summed E-state index contributed by atoms with van der Waals surface area (Å²) in [4.78, 5) is 10.4. The van der Waals surface area contributed by atoms with Crippen LogP contribution in [-0.4, -0.2) is 53.8 Å². The molecule has 1 fully saturated rings. The van der Waals surface area contributed by atoms with Crippen LogP contribution in [0.1, 0.15) is 6.42 Å². The Hall–Kier alpha value is -0.780. The van der Waals surface area contributed by atoms with E-state index in [4.69, 9.17) is 5.11 Å². The maximum atomic E-state index is 10.4. The van der Waals surface area contributed by atoms with E-state index in [0.29, 0.717) is 0 Å². The minimum atomic E-state index is -5.14. The molecule has 2 unspecified atom stereocenters. The molecule has 16 heavy (non-hydrogen) atoms. The lowest BCUT2D eigenvalue weighted by Crippen LogP contribution is -2.54. The number of carbonyl (C=O) groups excluding carboxylic acids is 1. The van der Waals surface area contributed by atoms with Crippen LogP contribution in [0.5, 0.6) is 0 Å². The fourth-order valence-corrected chi connectivity index (χ4v) is 1.74. The molecule has 1 aliphatic heterocycles. The molecule has 0 saturated carbocycles. The van der Waals surface area contributed by atoms with Gasteiger partial charge in [0.1, 0.15) is 6.10 Å². The first kappa shape index (κ1) is 13.3. The SMILES string of the molecule is O=C([O-])C1C[C@@H](O)C(OS(=O)(=O)[O-])[C@H](O)O1. The Bertz CT molecular complexity index is 350. The molecule has 0 radical (unpaired) electrons. The average Bonchev–Trinajstić information content (AvgIpc) is 2.09. The molecule has 1 rings (SSSR count). The second-order valence-electron chi connectivity index (χ2n) is 3.11. The molecule has 1 saturated heterocycles. The molecule has 0 aromatic heterocycles. The predicted molar refractivity (Wildman–Crippen MR) is 41.1 cm³/mol. The Labute approximate surface area is 90.2 Å². The lowest BCUT2D eigenvalue weighted by atomic mass is 10.0. The quantitative estimate of drug-likeness (QED) is 0.379. The lowest BCUT2D eigenvalue weighted by molar-refractivity contribution is -0.333. The average molecular weight is 256 g/mol. The van der Waals surface area contributed by atoms with E-state index >= 15 is 0 Å². The van der Waals surface area contributed by atoms with E-state index in [2.05, 4.69) is 8.92 Å². The van der Waals surface area contributed by atoms with E-state index in [9.17, 15) is 28.0 Å². The summed E-state index contributed by atoms with van der Waals surface area (Å²) in [5.74, 6) is -1.68. The Morgan fingerprint density at radius 1 is 1.44 bits per heavy atom. The minimum absolute atomic E-state index is 0.556. The van der Waals surface area contributed by atoms with E-state index in [0.717, 1.165) is 0 Å². The van der Waals surface area contributed by atoms with Crippen molar-refractivity contribution in [3.63, 3.8) is 0 Å². The van der Waals surface area contributed by atoms with Gasteiger partial charge in [-0.1, -0.05) is 0 Å². The molecule has 10 heteroatoms. The highest BCUT2D eigenvalue weighted by Crippen LogP contribution is 2.22. The van der Waals surface area contributed by atoms with Gasteiger partial charge >= 0.3 is 0 Å². The highest BCUT2D eigenvalue weighted by Gasteiger charge is 2.39. The van der Waals surface area contributed by atoms with Crippen molar-refractivity contribution in [2.75, 3.05) is 0 Å². The van der Waals surface area contributed by atoms with Gasteiger partial charge in [-0.2, -0.15) is 0 Å². The highest BCUT2D eigenvalue weighted by atomic mass is 32.3. The van der Waals surface area contributed by atoms with Crippen LogP contribution in [-0.2, 0) is 24.1 Å². The largest absolute Gasteiger partial charge is 0.726 e. The normalized spacial score (nSPS) is 35.9. The summed E-state index contributed by atoms with van der Waals surface area (Å²) in [6, 6.07) is 0. The number of hydrogen-bond acceptors (Lipinski definition) is 9. The Morgan fingerprint density at radius 3 is 2.38 bits per heavy atom. The fraction of sp³-hybridized carbons (Fsp3) is 0.833. The second kappa shape index (κ2) is 4.61. The molecule has 2 N–H and O–H groups in total. The Morgan fingerprint density at radius 2 is 2.00 bits per heavy atom. The zero-order valence-corrected chi connectivity index (χ0v) is 8.49. The highest BCUT2D eigenvalue weighted by molar-refractivity contribution is 7.80. The maximum Gasteiger partial charge on any atom is 0.218 e. The zero-order valence-electron chi connectivity index (χ0n) is 7.68. The van der Waals surface area contributed by atoms with Crippen LogP contribution in [0.4, 0.5) is 0 Å². The van der Waals surface area contributed by atoms with Crippen molar-refractivity contribution in [2.24, 2.45) is 0 Å². The van der Waals surface area contributed by atoms with E-state index in [1.807, 2.05) is 0 Å². The Balaban J connectivity index is 2.73. The van der Waals surface area contributed by atoms with Crippen LogP contribution in [0.3, 0.4) is 0 Å². The summed E-state index contributed by atoms with van der Waals surface area (Å²) in [6.45, 7) is 0. The van der Waals surface area contributed by atoms with Gasteiger partial charge in [0, 0.05) is 6.42 Å². The summed E-state index contributed by atoms with van der Waals surface area (Å²) in [6.07, 6.45) is -7.72. The third-order valence-electron chi connectivity index (χ3n) is 1.91. The molecule has 4 atom stereocenters. The molecule has 1 heterocycles. The molecule has 0 aliphatic carbocycles. The van der Waals surface area contributed by atoms with Crippen LogP contribution in [0.15, 0.2) is 0 Å². The topological polar surface area (TPSA) is 156 Å². The number of carbonyl (C=O) groups is 1. The number of ether oxygens (including phenoxy) is 1. The van der Waals surface area contributed by atoms with Crippen molar-refractivity contribution in [1.29, 1.82) is 0 Å². The van der Waals surface area contributed by atoms with Gasteiger partial charge in [-0.25, -0.2) is 8.42 Å². The van der Waals surface area contributed by atoms with Crippen molar-refractivity contribution in [3.8, 4) is 0 Å². The molecular formula is C6H8O9S-2. The van der Waals surface area contributed by atoms with E-state index in [1.165, 1.54) is 0 Å². The van der Waals surface area contributed by atoms with Gasteiger partial charge in [0.15, 0.2) is 12.4 Å². The van der Waals surface area contributed by atoms with E-state index < -0.39 is 47.4 Å². The summed E-state index contributed by atoms with van der Waals surface area (Å²) >= 11 is 0. The van der Waals surface area contributed by atoms with Gasteiger partial charge in [-0.15, -0.1) is 0 Å². The van der Waals surface area contributed by atoms with Crippen molar-refractivity contribution in [1.82, 2.24) is 0 Å². The van der Waals surface area contributed by atoms with E-state index in [1.54, 1.807) is 0 Å². The van der Waals surface area contributed by atoms with Crippen LogP contribution in [0, 0.1) is 0 Å². The summed E-state index contributed by atoms with van der Waals surface area (Å²) in [5, 5.41) is 28.7. The van der Waals surface area contributed by atoms with E-state index in [-0.39, 0.29) is 0 Å². The third-order valence-corrected chi connectivity index (χ3v) is 2.37. The molecule has 0 bridgehead atoms. The van der Waals surface area contributed by atoms with Crippen LogP contribution in [0.2, 0.25) is 0 Å². The monoisotopic (exact) mass is 256 g/mol. The van der Waals surface area contributed by atoms with Gasteiger partial charge in [-0.05, 0) is 0 Å². The molecule has 0 aromatic carbocycles. The number of aliphatic hydroxyl groups is 2. The van der Waals surface area contributed by atoms with Gasteiger partial charge < -0.3 is 29.4 Å². The number of hydrogen-bond donors (Lipinski definition) is 2. The smallest absolute Gasteiger partial charge is 0.218 e. The first-order valence-corrected chi connectivity index (χ1v) is 5.40. The number of aliphatic carboxylic acids is 1. The van der Waals surface area contributed by atoms with Crippen LogP contribution >= 0.6 is 0 Å². The predicted octanol–water partition coefficient (Wildman–Crippen LogP) is -3.95. The van der Waals surface area contributed by atoms with Crippen LogP contribution in [0.25, 0.3) is 0 Å². The standard InChI is InChI=1S/C6H10O9S/c7-2-1-3(5(8)9)14-6(10)4(2)15-16(11,12)13/h2-4,6-7,10H,1H2,(H,8,9)(H,11,12,13)/p-2/t2-,3?,4?,6-/m1/s1. The molecular weight excluding hydrogens is 248 g/mol.